The number of carbonyl (C=O) groups is 2. The molecule has 0 fully saturated rings. The number of benzene rings is 1. The van der Waals surface area contributed by atoms with Crippen LogP contribution < -0.4 is 0 Å². The molecule has 6 nitrogen and oxygen atoms in total. The van der Waals surface area contributed by atoms with Gasteiger partial charge in [0.1, 0.15) is 6.29 Å². The van der Waals surface area contributed by atoms with E-state index in [1.54, 1.807) is 0 Å². The van der Waals surface area contributed by atoms with Gasteiger partial charge in [0.15, 0.2) is 0 Å². The molecule has 0 unspecified atom stereocenters. The van der Waals surface area contributed by atoms with Crippen LogP contribution in [-0.2, 0) is 4.74 Å². The van der Waals surface area contributed by atoms with Crippen LogP contribution in [0.1, 0.15) is 20.7 Å². The largest absolute Gasteiger partial charge is 0.465 e. The molecular formula is C9H7N3O3. The number of esters is 1. The molecule has 1 aromatic rings. The Labute approximate surface area is 85.1 Å². The number of methoxy groups -OCH3 is 1. The summed E-state index contributed by atoms with van der Waals surface area (Å²) in [5, 5.41) is 3.31. The fourth-order valence-electron chi connectivity index (χ4n) is 1.05. The highest BCUT2D eigenvalue weighted by Crippen LogP contribution is 2.17. The van der Waals surface area contributed by atoms with Crippen molar-refractivity contribution in [3.8, 4) is 0 Å². The highest BCUT2D eigenvalue weighted by Gasteiger charge is 2.07. The van der Waals surface area contributed by atoms with Crippen LogP contribution in [0.25, 0.3) is 10.4 Å². The van der Waals surface area contributed by atoms with Crippen LogP contribution in [0.2, 0.25) is 0 Å². The molecule has 0 aliphatic heterocycles. The van der Waals surface area contributed by atoms with Gasteiger partial charge in [0.05, 0.1) is 12.7 Å². The fourth-order valence-corrected chi connectivity index (χ4v) is 1.05. The van der Waals surface area contributed by atoms with Gasteiger partial charge in [-0.05, 0) is 23.7 Å². The third-order valence-corrected chi connectivity index (χ3v) is 1.66. The Bertz CT molecular complexity index is 450. The summed E-state index contributed by atoms with van der Waals surface area (Å²) >= 11 is 0. The van der Waals surface area contributed by atoms with Crippen molar-refractivity contribution in [2.45, 2.75) is 0 Å². The van der Waals surface area contributed by atoms with Crippen LogP contribution in [0, 0.1) is 0 Å². The second-order valence-electron chi connectivity index (χ2n) is 2.61. The maximum absolute atomic E-state index is 11.2. The van der Waals surface area contributed by atoms with Gasteiger partial charge in [0.25, 0.3) is 0 Å². The van der Waals surface area contributed by atoms with Gasteiger partial charge in [-0.25, -0.2) is 4.79 Å². The summed E-state index contributed by atoms with van der Waals surface area (Å²) in [7, 11) is 1.23. The maximum atomic E-state index is 11.2. The minimum absolute atomic E-state index is 0.171. The zero-order chi connectivity index (χ0) is 11.3. The van der Waals surface area contributed by atoms with Crippen molar-refractivity contribution in [1.29, 1.82) is 0 Å². The Morgan fingerprint density at radius 3 is 2.80 bits per heavy atom. The molecular weight excluding hydrogens is 198 g/mol. The molecule has 0 aromatic heterocycles. The van der Waals surface area contributed by atoms with Crippen molar-refractivity contribution in [2.24, 2.45) is 5.11 Å². The van der Waals surface area contributed by atoms with E-state index >= 15 is 0 Å². The van der Waals surface area contributed by atoms with E-state index in [0.717, 1.165) is 0 Å². The minimum atomic E-state index is -0.590. The topological polar surface area (TPSA) is 92.1 Å². The first kappa shape index (κ1) is 10.7. The molecule has 0 radical (unpaired) electrons. The van der Waals surface area contributed by atoms with Crippen molar-refractivity contribution in [2.75, 3.05) is 7.11 Å². The number of hydrogen-bond acceptors (Lipinski definition) is 4. The van der Waals surface area contributed by atoms with Crippen molar-refractivity contribution in [3.05, 3.63) is 39.8 Å². The van der Waals surface area contributed by atoms with Crippen LogP contribution in [0.15, 0.2) is 23.3 Å². The number of rotatable bonds is 3. The van der Waals surface area contributed by atoms with Gasteiger partial charge in [0, 0.05) is 16.2 Å². The summed E-state index contributed by atoms with van der Waals surface area (Å²) in [4.78, 5) is 24.3. The molecule has 0 heterocycles. The lowest BCUT2D eigenvalue weighted by Crippen LogP contribution is -2.01. The summed E-state index contributed by atoms with van der Waals surface area (Å²) in [6.07, 6.45) is 0.558. The number of aldehydes is 1. The van der Waals surface area contributed by atoms with E-state index in [9.17, 15) is 9.59 Å². The van der Waals surface area contributed by atoms with E-state index in [1.165, 1.54) is 25.3 Å². The molecule has 0 atom stereocenters. The molecule has 1 aromatic carbocycles. The monoisotopic (exact) mass is 205 g/mol. The first-order chi connectivity index (χ1) is 7.21. The zero-order valence-corrected chi connectivity index (χ0v) is 7.88. The lowest BCUT2D eigenvalue weighted by Gasteiger charge is -2.01. The molecule has 0 N–H and O–H groups in total. The third kappa shape index (κ3) is 2.55. The van der Waals surface area contributed by atoms with Crippen molar-refractivity contribution < 1.29 is 14.3 Å². The van der Waals surface area contributed by atoms with E-state index in [-0.39, 0.29) is 16.8 Å². The molecule has 0 saturated heterocycles. The van der Waals surface area contributed by atoms with Gasteiger partial charge in [-0.15, -0.1) is 0 Å². The molecule has 15 heavy (non-hydrogen) atoms. The number of nitrogens with zero attached hydrogens (tertiary/aromatic N) is 3. The average Bonchev–Trinajstić information content (AvgIpc) is 2.28. The molecule has 0 spiro atoms. The van der Waals surface area contributed by atoms with E-state index < -0.39 is 5.97 Å². The number of azide groups is 1. The van der Waals surface area contributed by atoms with E-state index in [1.807, 2.05) is 0 Å². The van der Waals surface area contributed by atoms with Crippen molar-refractivity contribution in [3.63, 3.8) is 0 Å². The van der Waals surface area contributed by atoms with Crippen molar-refractivity contribution in [1.82, 2.24) is 0 Å². The molecule has 0 aliphatic rings. The lowest BCUT2D eigenvalue weighted by atomic mass is 10.1. The molecule has 1 rings (SSSR count). The summed E-state index contributed by atoms with van der Waals surface area (Å²) in [5.41, 5.74) is 8.84. The number of hydrogen-bond donors (Lipinski definition) is 0. The zero-order valence-electron chi connectivity index (χ0n) is 7.88. The Kier molecular flexibility index (Phi) is 3.43. The van der Waals surface area contributed by atoms with Crippen molar-refractivity contribution >= 4 is 17.9 Å². The molecule has 76 valence electrons. The SMILES string of the molecule is COC(=O)c1cc(C=O)cc(N=[N+]=[N-])c1. The predicted molar refractivity (Wildman–Crippen MR) is 52.0 cm³/mol. The smallest absolute Gasteiger partial charge is 0.337 e. The van der Waals surface area contributed by atoms with Gasteiger partial charge >= 0.3 is 5.97 Å². The van der Waals surface area contributed by atoms with Crippen LogP contribution >= 0.6 is 0 Å². The third-order valence-electron chi connectivity index (χ3n) is 1.66. The summed E-state index contributed by atoms with van der Waals surface area (Å²) in [6.45, 7) is 0. The van der Waals surface area contributed by atoms with Gasteiger partial charge in [-0.1, -0.05) is 5.11 Å². The van der Waals surface area contributed by atoms with E-state index in [2.05, 4.69) is 14.8 Å². The minimum Gasteiger partial charge on any atom is -0.465 e. The first-order valence-corrected chi connectivity index (χ1v) is 3.95. The molecule has 0 bridgehead atoms. The fraction of sp³-hybridized carbons (Fsp3) is 0.111. The summed E-state index contributed by atoms with van der Waals surface area (Å²) < 4.78 is 4.48. The second kappa shape index (κ2) is 4.78. The molecule has 0 aliphatic carbocycles. The Morgan fingerprint density at radius 1 is 1.53 bits per heavy atom. The second-order valence-corrected chi connectivity index (χ2v) is 2.61. The highest BCUT2D eigenvalue weighted by atomic mass is 16.5. The highest BCUT2D eigenvalue weighted by molar-refractivity contribution is 5.92. The standard InChI is InChI=1S/C9H7N3O3/c1-15-9(14)7-2-6(5-13)3-8(4-7)11-12-10/h2-5H,1H3. The summed E-state index contributed by atoms with van der Waals surface area (Å²) in [6, 6.07) is 4.08. The van der Waals surface area contributed by atoms with E-state index in [0.29, 0.717) is 6.29 Å². The Morgan fingerprint density at radius 2 is 2.27 bits per heavy atom. The summed E-state index contributed by atoms with van der Waals surface area (Å²) in [5.74, 6) is -0.590. The molecule has 6 heteroatoms. The average molecular weight is 205 g/mol. The predicted octanol–water partition coefficient (Wildman–Crippen LogP) is 2.23. The number of carbonyl (C=O) groups excluding carboxylic acids is 2. The maximum Gasteiger partial charge on any atom is 0.337 e. The normalized spacial score (nSPS) is 8.87. The van der Waals surface area contributed by atoms with Crippen LogP contribution in [-0.4, -0.2) is 19.4 Å². The Balaban J connectivity index is 3.28. The Hall–Kier alpha value is -2.33. The molecule has 0 amide bonds. The van der Waals surface area contributed by atoms with E-state index in [4.69, 9.17) is 5.53 Å². The first-order valence-electron chi connectivity index (χ1n) is 3.95. The van der Waals surface area contributed by atoms with Crippen LogP contribution in [0.4, 0.5) is 5.69 Å². The van der Waals surface area contributed by atoms with Gasteiger partial charge in [-0.2, -0.15) is 0 Å². The quantitative estimate of drug-likeness (QED) is 0.249. The van der Waals surface area contributed by atoms with Gasteiger partial charge in [0.2, 0.25) is 0 Å². The van der Waals surface area contributed by atoms with Crippen LogP contribution in [0.5, 0.6) is 0 Å². The number of ether oxygens (including phenoxy) is 1. The van der Waals surface area contributed by atoms with Gasteiger partial charge < -0.3 is 4.74 Å². The van der Waals surface area contributed by atoms with Crippen LogP contribution in [0.3, 0.4) is 0 Å². The van der Waals surface area contributed by atoms with Gasteiger partial charge in [-0.3, -0.25) is 4.79 Å². The molecule has 0 saturated carbocycles. The lowest BCUT2D eigenvalue weighted by molar-refractivity contribution is 0.0601.